The summed E-state index contributed by atoms with van der Waals surface area (Å²) in [7, 11) is 2.86. The van der Waals surface area contributed by atoms with Crippen molar-refractivity contribution in [3.8, 4) is 11.5 Å². The maximum atomic E-state index is 11.9. The lowest BCUT2D eigenvalue weighted by Gasteiger charge is -2.11. The summed E-state index contributed by atoms with van der Waals surface area (Å²) in [6.45, 7) is 3.37. The van der Waals surface area contributed by atoms with Gasteiger partial charge in [-0.1, -0.05) is 17.7 Å². The van der Waals surface area contributed by atoms with E-state index in [4.69, 9.17) is 25.8 Å². The standard InChI is InChI=1S/C14H16ClNO5/c1-4-5-16-12(17)8-21-14(18)9-6-10(15)13(20-3)11(7-9)19-2/h4,6-7H,1,5,8H2,2-3H3,(H,16,17). The van der Waals surface area contributed by atoms with Crippen molar-refractivity contribution in [2.45, 2.75) is 0 Å². The Bertz CT molecular complexity index is 544. The van der Waals surface area contributed by atoms with E-state index in [0.29, 0.717) is 18.0 Å². The average molecular weight is 314 g/mol. The molecule has 6 nitrogen and oxygen atoms in total. The van der Waals surface area contributed by atoms with Crippen molar-refractivity contribution in [2.24, 2.45) is 0 Å². The molecule has 1 aromatic carbocycles. The first-order chi connectivity index (χ1) is 10.0. The molecule has 0 heterocycles. The number of esters is 1. The highest BCUT2D eigenvalue weighted by molar-refractivity contribution is 6.32. The molecule has 0 aliphatic heterocycles. The highest BCUT2D eigenvalue weighted by Gasteiger charge is 2.17. The third-order valence-electron chi connectivity index (χ3n) is 2.45. The minimum Gasteiger partial charge on any atom is -0.493 e. The average Bonchev–Trinajstić information content (AvgIpc) is 2.49. The fourth-order valence-electron chi connectivity index (χ4n) is 1.49. The molecule has 114 valence electrons. The number of carbonyl (C=O) groups is 2. The molecule has 0 aliphatic rings. The van der Waals surface area contributed by atoms with Crippen molar-refractivity contribution < 1.29 is 23.8 Å². The van der Waals surface area contributed by atoms with Crippen molar-refractivity contribution in [1.82, 2.24) is 5.32 Å². The number of hydrogen-bond acceptors (Lipinski definition) is 5. The van der Waals surface area contributed by atoms with Crippen molar-refractivity contribution >= 4 is 23.5 Å². The van der Waals surface area contributed by atoms with E-state index < -0.39 is 18.5 Å². The highest BCUT2D eigenvalue weighted by Crippen LogP contribution is 2.36. The first-order valence-electron chi connectivity index (χ1n) is 5.99. The first kappa shape index (κ1) is 16.8. The van der Waals surface area contributed by atoms with Crippen LogP contribution in [-0.2, 0) is 9.53 Å². The summed E-state index contributed by atoms with van der Waals surface area (Å²) in [6, 6.07) is 2.81. The molecule has 0 fully saturated rings. The summed E-state index contributed by atoms with van der Waals surface area (Å²) in [4.78, 5) is 23.2. The number of benzene rings is 1. The predicted molar refractivity (Wildman–Crippen MR) is 78.0 cm³/mol. The lowest BCUT2D eigenvalue weighted by Crippen LogP contribution is -2.28. The smallest absolute Gasteiger partial charge is 0.338 e. The monoisotopic (exact) mass is 313 g/mol. The Morgan fingerprint density at radius 2 is 2.05 bits per heavy atom. The lowest BCUT2D eigenvalue weighted by atomic mass is 10.2. The lowest BCUT2D eigenvalue weighted by molar-refractivity contribution is -0.124. The second-order valence-corrected chi connectivity index (χ2v) is 4.27. The van der Waals surface area contributed by atoms with E-state index in [-0.39, 0.29) is 10.6 Å². The quantitative estimate of drug-likeness (QED) is 0.614. The second-order valence-electron chi connectivity index (χ2n) is 3.86. The van der Waals surface area contributed by atoms with Crippen LogP contribution in [-0.4, -0.2) is 39.2 Å². The Morgan fingerprint density at radius 1 is 1.33 bits per heavy atom. The molecule has 0 spiro atoms. The zero-order valence-electron chi connectivity index (χ0n) is 11.8. The summed E-state index contributed by atoms with van der Waals surface area (Å²) < 4.78 is 15.0. The van der Waals surface area contributed by atoms with E-state index in [2.05, 4.69) is 11.9 Å². The number of halogens is 1. The number of amides is 1. The molecular weight excluding hydrogens is 298 g/mol. The van der Waals surface area contributed by atoms with Crippen LogP contribution >= 0.6 is 11.6 Å². The van der Waals surface area contributed by atoms with Crippen LogP contribution in [0.1, 0.15) is 10.4 Å². The van der Waals surface area contributed by atoms with Crippen LogP contribution in [0.15, 0.2) is 24.8 Å². The Hall–Kier alpha value is -2.21. The van der Waals surface area contributed by atoms with E-state index in [9.17, 15) is 9.59 Å². The van der Waals surface area contributed by atoms with E-state index in [0.717, 1.165) is 0 Å². The molecule has 7 heteroatoms. The van der Waals surface area contributed by atoms with E-state index in [1.807, 2.05) is 0 Å². The Kier molecular flexibility index (Phi) is 6.55. The summed E-state index contributed by atoms with van der Waals surface area (Å²) >= 11 is 5.99. The van der Waals surface area contributed by atoms with Crippen LogP contribution in [0, 0.1) is 0 Å². The summed E-state index contributed by atoms with van der Waals surface area (Å²) in [5.74, 6) is -0.492. The zero-order chi connectivity index (χ0) is 15.8. The molecule has 1 rings (SSSR count). The predicted octanol–water partition coefficient (Wildman–Crippen LogP) is 1.82. The molecule has 0 aromatic heterocycles. The zero-order valence-corrected chi connectivity index (χ0v) is 12.5. The maximum Gasteiger partial charge on any atom is 0.338 e. The molecule has 1 aromatic rings. The van der Waals surface area contributed by atoms with Crippen LogP contribution in [0.3, 0.4) is 0 Å². The molecule has 0 bridgehead atoms. The van der Waals surface area contributed by atoms with Crippen LogP contribution in [0.4, 0.5) is 0 Å². The van der Waals surface area contributed by atoms with Crippen LogP contribution in [0.25, 0.3) is 0 Å². The van der Waals surface area contributed by atoms with Gasteiger partial charge in [0.25, 0.3) is 5.91 Å². The van der Waals surface area contributed by atoms with Gasteiger partial charge >= 0.3 is 5.97 Å². The van der Waals surface area contributed by atoms with Crippen molar-refractivity contribution in [3.05, 3.63) is 35.4 Å². The topological polar surface area (TPSA) is 73.9 Å². The van der Waals surface area contributed by atoms with Gasteiger partial charge in [-0.25, -0.2) is 4.79 Å². The van der Waals surface area contributed by atoms with Gasteiger partial charge in [0.1, 0.15) is 0 Å². The van der Waals surface area contributed by atoms with Gasteiger partial charge in [0.2, 0.25) is 0 Å². The van der Waals surface area contributed by atoms with Gasteiger partial charge in [0.15, 0.2) is 18.1 Å². The number of nitrogens with one attached hydrogen (secondary N) is 1. The molecule has 21 heavy (non-hydrogen) atoms. The molecule has 0 radical (unpaired) electrons. The minimum absolute atomic E-state index is 0.161. The third-order valence-corrected chi connectivity index (χ3v) is 2.73. The SMILES string of the molecule is C=CCNC(=O)COC(=O)c1cc(Cl)c(OC)c(OC)c1. The number of methoxy groups -OCH3 is 2. The Labute approximate surface area is 127 Å². The molecule has 0 saturated carbocycles. The van der Waals surface area contributed by atoms with Gasteiger partial charge in [-0.15, -0.1) is 6.58 Å². The number of carbonyl (C=O) groups excluding carboxylic acids is 2. The third kappa shape index (κ3) is 4.68. The minimum atomic E-state index is -0.688. The van der Waals surface area contributed by atoms with Gasteiger partial charge in [-0.2, -0.15) is 0 Å². The summed E-state index contributed by atoms with van der Waals surface area (Å²) in [6.07, 6.45) is 1.52. The van der Waals surface area contributed by atoms with Crippen molar-refractivity contribution in [3.63, 3.8) is 0 Å². The maximum absolute atomic E-state index is 11.9. The molecule has 0 aliphatic carbocycles. The van der Waals surface area contributed by atoms with E-state index in [1.54, 1.807) is 0 Å². The fourth-order valence-corrected chi connectivity index (χ4v) is 1.78. The summed E-state index contributed by atoms with van der Waals surface area (Å²) in [5.41, 5.74) is 0.161. The van der Waals surface area contributed by atoms with E-state index in [1.165, 1.54) is 32.4 Å². The van der Waals surface area contributed by atoms with Gasteiger partial charge in [-0.3, -0.25) is 4.79 Å². The first-order valence-corrected chi connectivity index (χ1v) is 6.37. The van der Waals surface area contributed by atoms with Crippen molar-refractivity contribution in [1.29, 1.82) is 0 Å². The summed E-state index contributed by atoms with van der Waals surface area (Å²) in [5, 5.41) is 2.69. The van der Waals surface area contributed by atoms with Crippen molar-refractivity contribution in [2.75, 3.05) is 27.4 Å². The molecular formula is C14H16ClNO5. The molecule has 1 amide bonds. The normalized spacial score (nSPS) is 9.67. The number of ether oxygens (including phenoxy) is 3. The van der Waals surface area contributed by atoms with Crippen LogP contribution in [0.5, 0.6) is 11.5 Å². The molecule has 0 atom stereocenters. The Balaban J connectivity index is 2.76. The molecule has 0 saturated heterocycles. The Morgan fingerprint density at radius 3 is 2.62 bits per heavy atom. The second kappa shape index (κ2) is 8.16. The molecule has 0 unspecified atom stereocenters. The van der Waals surface area contributed by atoms with Crippen LogP contribution < -0.4 is 14.8 Å². The fraction of sp³-hybridized carbons (Fsp3) is 0.286. The molecule has 1 N–H and O–H groups in total. The number of hydrogen-bond donors (Lipinski definition) is 1. The van der Waals surface area contributed by atoms with Gasteiger partial charge in [0, 0.05) is 6.54 Å². The van der Waals surface area contributed by atoms with Crippen LogP contribution in [0.2, 0.25) is 5.02 Å². The van der Waals surface area contributed by atoms with Gasteiger partial charge in [-0.05, 0) is 12.1 Å². The largest absolute Gasteiger partial charge is 0.493 e. The number of rotatable bonds is 7. The van der Waals surface area contributed by atoms with E-state index >= 15 is 0 Å². The van der Waals surface area contributed by atoms with Gasteiger partial charge < -0.3 is 19.5 Å². The highest BCUT2D eigenvalue weighted by atomic mass is 35.5. The van der Waals surface area contributed by atoms with Gasteiger partial charge in [0.05, 0.1) is 24.8 Å².